The number of alkyl carbamates (subject to hydrolysis) is 1. The number of rotatable bonds is 10. The average Bonchev–Trinajstić information content (AvgIpc) is 2.76. The van der Waals surface area contributed by atoms with Crippen LogP contribution in [0.4, 0.5) is 4.79 Å². The van der Waals surface area contributed by atoms with E-state index in [2.05, 4.69) is 10.6 Å². The standard InChI is InChI=1S/C23H25N3O5/c1-16(12-13-24)20(22(28)29)26-21(27)19(14-17-8-4-2-5-9-17)25-23(30)31-15-18-10-6-3-7-11-18/h2-11,16,19-20H,12,14-15H2,1H3,(H,25,30)(H,26,27)(H,28,29)/t16-,19+,20+/m0/s1. The summed E-state index contributed by atoms with van der Waals surface area (Å²) in [6.45, 7) is 1.60. The van der Waals surface area contributed by atoms with Crippen molar-refractivity contribution in [3.05, 3.63) is 71.8 Å². The fourth-order valence-corrected chi connectivity index (χ4v) is 2.93. The van der Waals surface area contributed by atoms with Gasteiger partial charge >= 0.3 is 12.1 Å². The van der Waals surface area contributed by atoms with Crippen LogP contribution in [0.2, 0.25) is 0 Å². The zero-order chi connectivity index (χ0) is 22.6. The zero-order valence-electron chi connectivity index (χ0n) is 17.2. The van der Waals surface area contributed by atoms with Crippen molar-refractivity contribution in [1.29, 1.82) is 5.26 Å². The quantitative estimate of drug-likeness (QED) is 0.539. The normalized spacial score (nSPS) is 13.2. The van der Waals surface area contributed by atoms with Gasteiger partial charge in [0.25, 0.3) is 0 Å². The number of amides is 2. The van der Waals surface area contributed by atoms with E-state index in [1.54, 1.807) is 43.3 Å². The molecule has 3 atom stereocenters. The molecule has 0 bridgehead atoms. The molecule has 0 aromatic heterocycles. The van der Waals surface area contributed by atoms with Gasteiger partial charge in [0.1, 0.15) is 18.7 Å². The van der Waals surface area contributed by atoms with Gasteiger partial charge in [-0.15, -0.1) is 0 Å². The molecule has 0 aliphatic heterocycles. The maximum Gasteiger partial charge on any atom is 0.408 e. The van der Waals surface area contributed by atoms with Crippen LogP contribution in [0.3, 0.4) is 0 Å². The highest BCUT2D eigenvalue weighted by molar-refractivity contribution is 5.89. The Balaban J connectivity index is 2.09. The predicted octanol–water partition coefficient (Wildman–Crippen LogP) is 2.64. The second-order valence-electron chi connectivity index (χ2n) is 7.11. The second-order valence-corrected chi connectivity index (χ2v) is 7.11. The highest BCUT2D eigenvalue weighted by Gasteiger charge is 2.30. The molecule has 2 aromatic carbocycles. The number of carbonyl (C=O) groups excluding carboxylic acids is 2. The highest BCUT2D eigenvalue weighted by Crippen LogP contribution is 2.10. The third-order valence-corrected chi connectivity index (χ3v) is 4.65. The van der Waals surface area contributed by atoms with Gasteiger partial charge < -0.3 is 20.5 Å². The molecule has 0 unspecified atom stereocenters. The number of benzene rings is 2. The minimum atomic E-state index is -1.26. The first-order valence-electron chi connectivity index (χ1n) is 9.82. The molecule has 0 radical (unpaired) electrons. The Morgan fingerprint density at radius 1 is 1.00 bits per heavy atom. The van der Waals surface area contributed by atoms with E-state index in [4.69, 9.17) is 10.00 Å². The number of carbonyl (C=O) groups is 3. The molecule has 162 valence electrons. The van der Waals surface area contributed by atoms with Gasteiger partial charge in [-0.2, -0.15) is 5.26 Å². The van der Waals surface area contributed by atoms with Crippen LogP contribution < -0.4 is 10.6 Å². The van der Waals surface area contributed by atoms with E-state index < -0.39 is 36.0 Å². The smallest absolute Gasteiger partial charge is 0.408 e. The first-order valence-corrected chi connectivity index (χ1v) is 9.82. The summed E-state index contributed by atoms with van der Waals surface area (Å²) in [6.07, 6.45) is -0.684. The minimum absolute atomic E-state index is 0.0311. The van der Waals surface area contributed by atoms with Gasteiger partial charge in [-0.25, -0.2) is 9.59 Å². The van der Waals surface area contributed by atoms with Crippen molar-refractivity contribution >= 4 is 18.0 Å². The Hall–Kier alpha value is -3.86. The summed E-state index contributed by atoms with van der Waals surface area (Å²) in [5.74, 6) is -2.52. The van der Waals surface area contributed by atoms with Crippen LogP contribution in [-0.4, -0.2) is 35.2 Å². The summed E-state index contributed by atoms with van der Waals surface area (Å²) >= 11 is 0. The summed E-state index contributed by atoms with van der Waals surface area (Å²) in [7, 11) is 0. The third kappa shape index (κ3) is 7.82. The number of ether oxygens (including phenoxy) is 1. The van der Waals surface area contributed by atoms with Gasteiger partial charge in [-0.1, -0.05) is 67.6 Å². The number of nitrogens with one attached hydrogen (secondary N) is 2. The molecule has 0 aliphatic rings. The van der Waals surface area contributed by atoms with E-state index in [0.29, 0.717) is 0 Å². The minimum Gasteiger partial charge on any atom is -0.480 e. The van der Waals surface area contributed by atoms with Crippen molar-refractivity contribution in [1.82, 2.24) is 10.6 Å². The molecule has 0 saturated heterocycles. The number of carboxylic acid groups (broad SMARTS) is 1. The first-order chi connectivity index (χ1) is 14.9. The van der Waals surface area contributed by atoms with Crippen LogP contribution >= 0.6 is 0 Å². The van der Waals surface area contributed by atoms with E-state index in [1.807, 2.05) is 30.3 Å². The monoisotopic (exact) mass is 423 g/mol. The first kappa shape index (κ1) is 23.4. The lowest BCUT2D eigenvalue weighted by molar-refractivity contribution is -0.143. The molecule has 2 aromatic rings. The second kappa shape index (κ2) is 12.0. The lowest BCUT2D eigenvalue weighted by Gasteiger charge is -2.24. The van der Waals surface area contributed by atoms with Crippen molar-refractivity contribution in [3.63, 3.8) is 0 Å². The van der Waals surface area contributed by atoms with Gasteiger partial charge in [-0.05, 0) is 11.1 Å². The average molecular weight is 423 g/mol. The van der Waals surface area contributed by atoms with Gasteiger partial charge in [0, 0.05) is 18.8 Å². The summed E-state index contributed by atoms with van der Waals surface area (Å²) in [6, 6.07) is 17.7. The number of carboxylic acids is 1. The van der Waals surface area contributed by atoms with Crippen molar-refractivity contribution in [3.8, 4) is 6.07 Å². The molecule has 8 nitrogen and oxygen atoms in total. The van der Waals surface area contributed by atoms with Crippen molar-refractivity contribution in [2.75, 3.05) is 0 Å². The van der Waals surface area contributed by atoms with Crippen LogP contribution in [0.25, 0.3) is 0 Å². The molecule has 31 heavy (non-hydrogen) atoms. The van der Waals surface area contributed by atoms with E-state index in [-0.39, 0.29) is 19.4 Å². The van der Waals surface area contributed by atoms with Crippen LogP contribution in [0, 0.1) is 17.2 Å². The third-order valence-electron chi connectivity index (χ3n) is 4.65. The number of nitrogens with zero attached hydrogens (tertiary/aromatic N) is 1. The SMILES string of the molecule is C[C@@H](CC#N)[C@@H](NC(=O)[C@@H](Cc1ccccc1)NC(=O)OCc1ccccc1)C(=O)O. The number of nitriles is 1. The van der Waals surface area contributed by atoms with E-state index in [9.17, 15) is 19.5 Å². The van der Waals surface area contributed by atoms with Gasteiger partial charge in [-0.3, -0.25) is 4.79 Å². The lowest BCUT2D eigenvalue weighted by Crippen LogP contribution is -2.54. The number of hydrogen-bond acceptors (Lipinski definition) is 5. The van der Waals surface area contributed by atoms with Gasteiger partial charge in [0.05, 0.1) is 6.07 Å². The molecule has 0 aliphatic carbocycles. The number of aliphatic carboxylic acids is 1. The summed E-state index contributed by atoms with van der Waals surface area (Å²) < 4.78 is 5.20. The van der Waals surface area contributed by atoms with Gasteiger partial charge in [0.2, 0.25) is 5.91 Å². The van der Waals surface area contributed by atoms with E-state index in [1.165, 1.54) is 0 Å². The molecular formula is C23H25N3O5. The molecule has 0 spiro atoms. The zero-order valence-corrected chi connectivity index (χ0v) is 17.2. The molecule has 2 amide bonds. The Bertz CT molecular complexity index is 912. The summed E-state index contributed by atoms with van der Waals surface area (Å²) in [5.41, 5.74) is 1.57. The van der Waals surface area contributed by atoms with Gasteiger partial charge in [0.15, 0.2) is 0 Å². The molecule has 3 N–H and O–H groups in total. The van der Waals surface area contributed by atoms with Crippen LogP contribution in [-0.2, 0) is 27.4 Å². The largest absolute Gasteiger partial charge is 0.480 e. The van der Waals surface area contributed by atoms with Crippen LogP contribution in [0.15, 0.2) is 60.7 Å². The molecule has 0 fully saturated rings. The summed E-state index contributed by atoms with van der Waals surface area (Å²) in [5, 5.41) is 23.3. The number of hydrogen-bond donors (Lipinski definition) is 3. The molecular weight excluding hydrogens is 398 g/mol. The maximum atomic E-state index is 12.9. The van der Waals surface area contributed by atoms with Crippen molar-refractivity contribution in [2.24, 2.45) is 5.92 Å². The Labute approximate surface area is 180 Å². The molecule has 8 heteroatoms. The van der Waals surface area contributed by atoms with E-state index in [0.717, 1.165) is 11.1 Å². The summed E-state index contributed by atoms with van der Waals surface area (Å²) in [4.78, 5) is 36.7. The topological polar surface area (TPSA) is 129 Å². The Kier molecular flexibility index (Phi) is 9.05. The fraction of sp³-hybridized carbons (Fsp3) is 0.304. The molecule has 2 rings (SSSR count). The highest BCUT2D eigenvalue weighted by atomic mass is 16.5. The van der Waals surface area contributed by atoms with E-state index >= 15 is 0 Å². The van der Waals surface area contributed by atoms with Crippen molar-refractivity contribution < 1.29 is 24.2 Å². The maximum absolute atomic E-state index is 12.9. The molecule has 0 saturated carbocycles. The predicted molar refractivity (Wildman–Crippen MR) is 113 cm³/mol. The Morgan fingerprint density at radius 3 is 2.13 bits per heavy atom. The van der Waals surface area contributed by atoms with Crippen LogP contribution in [0.1, 0.15) is 24.5 Å². The molecule has 0 heterocycles. The van der Waals surface area contributed by atoms with Crippen molar-refractivity contribution in [2.45, 2.75) is 38.5 Å². The van der Waals surface area contributed by atoms with Crippen LogP contribution in [0.5, 0.6) is 0 Å². The fourth-order valence-electron chi connectivity index (χ4n) is 2.93. The lowest BCUT2D eigenvalue weighted by atomic mass is 9.98. The Morgan fingerprint density at radius 2 is 1.58 bits per heavy atom.